The lowest BCUT2D eigenvalue weighted by atomic mass is 9.97. The molecule has 0 heterocycles. The first-order valence-corrected chi connectivity index (χ1v) is 6.98. The average molecular weight is 292 g/mol. The van der Waals surface area contributed by atoms with Crippen molar-refractivity contribution in [1.82, 2.24) is 5.32 Å². The second kappa shape index (κ2) is 7.22. The molecule has 1 aromatic rings. The normalized spacial score (nSPS) is 12.6. The quantitative estimate of drug-likeness (QED) is 0.817. The number of likely N-dealkylation sites (N-methyl/N-ethyl adjacent to an activating group) is 1. The van der Waals surface area contributed by atoms with Gasteiger partial charge in [0.1, 0.15) is 6.61 Å². The summed E-state index contributed by atoms with van der Waals surface area (Å²) in [5.74, 6) is -0.327. The minimum atomic E-state index is -0.503. The number of esters is 1. The first kappa shape index (κ1) is 17.2. The summed E-state index contributed by atoms with van der Waals surface area (Å²) < 4.78 is 5.23. The molecule has 0 spiro atoms. The lowest BCUT2D eigenvalue weighted by Gasteiger charge is -2.16. The number of hydrogen-bond donors (Lipinski definition) is 2. The van der Waals surface area contributed by atoms with Crippen molar-refractivity contribution < 1.29 is 14.3 Å². The molecule has 0 aliphatic rings. The number of amides is 1. The average Bonchev–Trinajstić information content (AvgIpc) is 2.44. The van der Waals surface area contributed by atoms with Crippen LogP contribution in [-0.4, -0.2) is 25.0 Å². The highest BCUT2D eigenvalue weighted by molar-refractivity contribution is 5.94. The summed E-state index contributed by atoms with van der Waals surface area (Å²) in [7, 11) is 1.73. The molecule has 0 bridgehead atoms. The number of anilines is 1. The Morgan fingerprint density at radius 2 is 1.76 bits per heavy atom. The Morgan fingerprint density at radius 3 is 2.24 bits per heavy atom. The maximum atomic E-state index is 11.7. The molecule has 0 aliphatic heterocycles. The van der Waals surface area contributed by atoms with Crippen molar-refractivity contribution in [3.05, 3.63) is 29.8 Å². The Morgan fingerprint density at radius 1 is 1.19 bits per heavy atom. The Labute approximate surface area is 126 Å². The van der Waals surface area contributed by atoms with Gasteiger partial charge in [-0.2, -0.15) is 0 Å². The molecular formula is C16H24N2O3. The van der Waals surface area contributed by atoms with E-state index in [4.69, 9.17) is 4.74 Å². The summed E-state index contributed by atoms with van der Waals surface area (Å²) >= 11 is 0. The molecule has 0 saturated heterocycles. The predicted octanol–water partition coefficient (Wildman–Crippen LogP) is 2.32. The van der Waals surface area contributed by atoms with Gasteiger partial charge in [-0.05, 0) is 52.4 Å². The van der Waals surface area contributed by atoms with Crippen LogP contribution in [0, 0.1) is 5.41 Å². The summed E-state index contributed by atoms with van der Waals surface area (Å²) in [6, 6.07) is 6.99. The number of carbonyl (C=O) groups is 2. The Bertz CT molecular complexity index is 489. The minimum absolute atomic E-state index is 0.0931. The fraction of sp³-hybridized carbons (Fsp3) is 0.500. The van der Waals surface area contributed by atoms with Crippen molar-refractivity contribution in [1.29, 1.82) is 0 Å². The highest BCUT2D eigenvalue weighted by atomic mass is 16.5. The van der Waals surface area contributed by atoms with Gasteiger partial charge in [0.15, 0.2) is 0 Å². The van der Waals surface area contributed by atoms with Crippen molar-refractivity contribution in [2.45, 2.75) is 40.3 Å². The van der Waals surface area contributed by atoms with Crippen molar-refractivity contribution in [2.75, 3.05) is 12.4 Å². The van der Waals surface area contributed by atoms with E-state index in [1.165, 1.54) is 0 Å². The third-order valence-corrected chi connectivity index (χ3v) is 3.03. The highest BCUT2D eigenvalue weighted by Gasteiger charge is 2.22. The molecule has 0 saturated carbocycles. The zero-order valence-electron chi connectivity index (χ0n) is 13.3. The van der Waals surface area contributed by atoms with Crippen molar-refractivity contribution in [3.8, 4) is 0 Å². The molecule has 116 valence electrons. The van der Waals surface area contributed by atoms with Gasteiger partial charge in [-0.3, -0.25) is 9.59 Å². The zero-order valence-corrected chi connectivity index (χ0v) is 13.3. The summed E-state index contributed by atoms with van der Waals surface area (Å²) in [5, 5.41) is 5.67. The fourth-order valence-corrected chi connectivity index (χ4v) is 1.43. The molecular weight excluding hydrogens is 268 g/mol. The summed E-state index contributed by atoms with van der Waals surface area (Å²) in [4.78, 5) is 23.4. The minimum Gasteiger partial charge on any atom is -0.460 e. The monoisotopic (exact) mass is 292 g/mol. The van der Waals surface area contributed by atoms with Gasteiger partial charge in [0.25, 0.3) is 0 Å². The summed E-state index contributed by atoms with van der Waals surface area (Å²) in [5.41, 5.74) is 1.09. The maximum Gasteiger partial charge on any atom is 0.311 e. The van der Waals surface area contributed by atoms with E-state index in [2.05, 4.69) is 10.6 Å². The third-order valence-electron chi connectivity index (χ3n) is 3.03. The third kappa shape index (κ3) is 5.55. The van der Waals surface area contributed by atoms with Gasteiger partial charge in [0, 0.05) is 5.69 Å². The Balaban J connectivity index is 2.55. The molecule has 1 rings (SSSR count). The van der Waals surface area contributed by atoms with Crippen molar-refractivity contribution in [2.24, 2.45) is 5.41 Å². The van der Waals surface area contributed by atoms with Crippen LogP contribution in [0.15, 0.2) is 24.3 Å². The maximum absolute atomic E-state index is 11.7. The van der Waals surface area contributed by atoms with Crippen LogP contribution in [0.5, 0.6) is 0 Å². The van der Waals surface area contributed by atoms with E-state index in [0.717, 1.165) is 5.56 Å². The topological polar surface area (TPSA) is 67.4 Å². The second-order valence-corrected chi connectivity index (χ2v) is 6.02. The highest BCUT2D eigenvalue weighted by Crippen LogP contribution is 2.17. The number of benzene rings is 1. The van der Waals surface area contributed by atoms with Gasteiger partial charge >= 0.3 is 5.97 Å². The van der Waals surface area contributed by atoms with Gasteiger partial charge in [-0.1, -0.05) is 12.1 Å². The predicted molar refractivity (Wildman–Crippen MR) is 82.8 cm³/mol. The van der Waals surface area contributed by atoms with E-state index >= 15 is 0 Å². The molecule has 0 unspecified atom stereocenters. The van der Waals surface area contributed by atoms with E-state index in [9.17, 15) is 9.59 Å². The lowest BCUT2D eigenvalue weighted by molar-refractivity contribution is -0.154. The van der Waals surface area contributed by atoms with Gasteiger partial charge < -0.3 is 15.4 Å². The van der Waals surface area contributed by atoms with E-state index in [0.29, 0.717) is 5.69 Å². The van der Waals surface area contributed by atoms with Crippen LogP contribution in [0.1, 0.15) is 33.3 Å². The molecule has 0 radical (unpaired) electrons. The second-order valence-electron chi connectivity index (χ2n) is 6.02. The first-order valence-electron chi connectivity index (χ1n) is 6.98. The number of hydrogen-bond acceptors (Lipinski definition) is 4. The van der Waals surface area contributed by atoms with Crippen LogP contribution >= 0.6 is 0 Å². The Hall–Kier alpha value is -1.88. The molecule has 2 N–H and O–H groups in total. The molecule has 1 amide bonds. The van der Waals surface area contributed by atoms with E-state index in [-0.39, 0.29) is 24.5 Å². The van der Waals surface area contributed by atoms with Crippen LogP contribution in [0.3, 0.4) is 0 Å². The van der Waals surface area contributed by atoms with Crippen LogP contribution in [0.4, 0.5) is 5.69 Å². The zero-order chi connectivity index (χ0) is 16.0. The largest absolute Gasteiger partial charge is 0.460 e. The van der Waals surface area contributed by atoms with E-state index < -0.39 is 5.41 Å². The van der Waals surface area contributed by atoms with Gasteiger partial charge in [0.2, 0.25) is 5.91 Å². The molecule has 0 aliphatic carbocycles. The Kier molecular flexibility index (Phi) is 5.90. The number of carbonyl (C=O) groups excluding carboxylic acids is 2. The van der Waals surface area contributed by atoms with Crippen LogP contribution in [0.2, 0.25) is 0 Å². The van der Waals surface area contributed by atoms with E-state index in [1.807, 2.05) is 32.9 Å². The van der Waals surface area contributed by atoms with Crippen LogP contribution in [-0.2, 0) is 20.9 Å². The lowest BCUT2D eigenvalue weighted by Crippen LogP contribution is -2.35. The molecule has 21 heavy (non-hydrogen) atoms. The SMILES string of the molecule is CN[C@@H](C)C(=O)Nc1ccc(COC(=O)C(C)(C)C)cc1. The molecule has 1 atom stereocenters. The smallest absolute Gasteiger partial charge is 0.311 e. The van der Waals surface area contributed by atoms with Gasteiger partial charge in [-0.25, -0.2) is 0 Å². The summed E-state index contributed by atoms with van der Waals surface area (Å²) in [6.07, 6.45) is 0. The number of rotatable bonds is 5. The summed E-state index contributed by atoms with van der Waals surface area (Å²) in [6.45, 7) is 7.47. The molecule has 0 fully saturated rings. The number of ether oxygens (including phenoxy) is 1. The first-order chi connectivity index (χ1) is 9.74. The fourth-order valence-electron chi connectivity index (χ4n) is 1.43. The molecule has 0 aromatic heterocycles. The van der Waals surface area contributed by atoms with Gasteiger partial charge in [0.05, 0.1) is 11.5 Å². The molecule has 5 heteroatoms. The van der Waals surface area contributed by atoms with Gasteiger partial charge in [-0.15, -0.1) is 0 Å². The molecule has 5 nitrogen and oxygen atoms in total. The van der Waals surface area contributed by atoms with Crippen LogP contribution in [0.25, 0.3) is 0 Å². The van der Waals surface area contributed by atoms with Crippen molar-refractivity contribution >= 4 is 17.6 Å². The molecule has 1 aromatic carbocycles. The van der Waals surface area contributed by atoms with E-state index in [1.54, 1.807) is 26.1 Å². The van der Waals surface area contributed by atoms with Crippen molar-refractivity contribution in [3.63, 3.8) is 0 Å². The number of nitrogens with one attached hydrogen (secondary N) is 2. The standard InChI is InChI=1S/C16H24N2O3/c1-11(17-5)14(19)18-13-8-6-12(7-9-13)10-21-15(20)16(2,3)4/h6-9,11,17H,10H2,1-5H3,(H,18,19)/t11-/m0/s1. The van der Waals surface area contributed by atoms with Crippen LogP contribution < -0.4 is 10.6 Å².